The Morgan fingerprint density at radius 1 is 1.17 bits per heavy atom. The van der Waals surface area contributed by atoms with Crippen molar-refractivity contribution in [1.82, 2.24) is 4.90 Å². The Labute approximate surface area is 197 Å². The molecule has 1 heterocycles. The molecule has 0 amide bonds. The van der Waals surface area contributed by atoms with E-state index in [1.807, 2.05) is 18.3 Å². The van der Waals surface area contributed by atoms with Gasteiger partial charge in [0.2, 0.25) is 5.52 Å². The van der Waals surface area contributed by atoms with Crippen molar-refractivity contribution < 1.29 is 37.8 Å². The van der Waals surface area contributed by atoms with Crippen molar-refractivity contribution in [2.75, 3.05) is 32.5 Å². The summed E-state index contributed by atoms with van der Waals surface area (Å²) in [7, 11) is 4.34. The van der Waals surface area contributed by atoms with E-state index < -0.39 is 0 Å². The standard InChI is InChI=1S/C19H25ClN3.CHO.2CH3.Mn.2H2O/c1-13-8-14(15(9-13)12-23(2)3)11-22-18-6-7-21-19-10-16(20)4-5-17(18)19;1-2;;;;;/h4-7,10,14-15H,8-9,11-12H2,1-3H3,(H,21,22);1H;2*1H3;;2*1H2/q4*-1;;;/p+1. The molecule has 2 atom stereocenters. The average Bonchev–Trinajstić information content (AvgIpc) is 2.93. The molecule has 0 saturated heterocycles. The van der Waals surface area contributed by atoms with E-state index in [1.54, 1.807) is 5.92 Å². The van der Waals surface area contributed by atoms with Crippen LogP contribution in [0.1, 0.15) is 19.8 Å². The monoisotopic (exact) mass is 481 g/mol. The van der Waals surface area contributed by atoms with E-state index in [9.17, 15) is 0 Å². The molecule has 1 aromatic carbocycles. The molecule has 30 heavy (non-hydrogen) atoms. The molecule has 2 unspecified atom stereocenters. The molecule has 2 aromatic rings. The van der Waals surface area contributed by atoms with Gasteiger partial charge < -0.3 is 46.7 Å². The zero-order valence-electron chi connectivity index (χ0n) is 18.6. The van der Waals surface area contributed by atoms with Gasteiger partial charge in [-0.15, -0.1) is 0 Å². The van der Waals surface area contributed by atoms with E-state index >= 15 is 0 Å². The van der Waals surface area contributed by atoms with E-state index in [0.29, 0.717) is 5.92 Å². The number of rotatable bonds is 5. The summed E-state index contributed by atoms with van der Waals surface area (Å²) in [6.07, 6.45) is 4.49. The number of halogens is 1. The molecule has 1 aromatic heterocycles. The van der Waals surface area contributed by atoms with Crippen LogP contribution in [0.25, 0.3) is 10.9 Å². The minimum absolute atomic E-state index is 0. The number of aromatic amines is 1. The van der Waals surface area contributed by atoms with Crippen LogP contribution in [0.5, 0.6) is 0 Å². The molecule has 3 rings (SSSR count). The van der Waals surface area contributed by atoms with Gasteiger partial charge in [0.05, 0.1) is 11.1 Å². The zero-order chi connectivity index (χ0) is 18.4. The average molecular weight is 482 g/mol. The fraction of sp³-hybridized carbons (Fsp3) is 0.409. The summed E-state index contributed by atoms with van der Waals surface area (Å²) in [5, 5.41) is 5.63. The van der Waals surface area contributed by atoms with Gasteiger partial charge in [-0.1, -0.05) is 17.5 Å². The van der Waals surface area contributed by atoms with E-state index in [-0.39, 0.29) is 42.9 Å². The van der Waals surface area contributed by atoms with Gasteiger partial charge in [-0.05, 0) is 38.7 Å². The van der Waals surface area contributed by atoms with E-state index in [2.05, 4.69) is 55.1 Å². The van der Waals surface area contributed by atoms with E-state index in [0.717, 1.165) is 23.0 Å². The number of H-pyrrole nitrogens is 1. The quantitative estimate of drug-likeness (QED) is 0.402. The maximum Gasteiger partial charge on any atom is 0.214 e. The fourth-order valence-corrected chi connectivity index (χ4v) is 3.98. The van der Waals surface area contributed by atoms with Gasteiger partial charge >= 0.3 is 0 Å². The summed E-state index contributed by atoms with van der Waals surface area (Å²) >= 11 is 6.09. The van der Waals surface area contributed by atoms with Crippen LogP contribution in [0, 0.1) is 32.6 Å². The van der Waals surface area contributed by atoms with Crippen molar-refractivity contribution in [3.8, 4) is 0 Å². The summed E-state index contributed by atoms with van der Waals surface area (Å²) in [4.78, 5) is 13.3. The predicted octanol–water partition coefficient (Wildman–Crippen LogP) is 2.88. The molecular formula is C22H37ClMnN3O3-3. The normalized spacial score (nSPS) is 17.1. The summed E-state index contributed by atoms with van der Waals surface area (Å²) in [6, 6.07) is 8.12. The molecule has 6 nitrogen and oxygen atoms in total. The number of nitrogens with one attached hydrogen (secondary N) is 2. The molecule has 175 valence electrons. The van der Waals surface area contributed by atoms with E-state index in [4.69, 9.17) is 16.4 Å². The van der Waals surface area contributed by atoms with Crippen LogP contribution in [0.2, 0.25) is 5.02 Å². The minimum atomic E-state index is 0. The molecule has 6 N–H and O–H groups in total. The van der Waals surface area contributed by atoms with Crippen LogP contribution < -0.4 is 10.3 Å². The number of hydrogen-bond donors (Lipinski definition) is 1. The summed E-state index contributed by atoms with van der Waals surface area (Å²) in [5.74, 6) is 3.11. The second-order valence-electron chi connectivity index (χ2n) is 7.11. The molecule has 0 spiro atoms. The van der Waals surface area contributed by atoms with Gasteiger partial charge in [-0.2, -0.15) is 19.8 Å². The predicted molar refractivity (Wildman–Crippen MR) is 124 cm³/mol. The Bertz CT molecular complexity index is 706. The van der Waals surface area contributed by atoms with Crippen molar-refractivity contribution in [3.05, 3.63) is 56.3 Å². The third kappa shape index (κ3) is 9.73. The first-order valence-corrected chi connectivity index (χ1v) is 8.94. The van der Waals surface area contributed by atoms with Gasteiger partial charge in [0, 0.05) is 40.8 Å². The summed E-state index contributed by atoms with van der Waals surface area (Å²) in [6.45, 7) is 7.75. The van der Waals surface area contributed by atoms with Crippen LogP contribution in [-0.2, 0) is 21.9 Å². The Hall–Kier alpha value is -1.21. The van der Waals surface area contributed by atoms with Gasteiger partial charge in [0.15, 0.2) is 6.20 Å². The topological polar surface area (TPSA) is 109 Å². The number of fused-ring (bicyclic) bond motifs is 1. The number of benzene rings is 1. The van der Waals surface area contributed by atoms with Crippen LogP contribution in [0.4, 0.5) is 5.69 Å². The van der Waals surface area contributed by atoms with Crippen LogP contribution in [0.15, 0.2) is 30.5 Å². The Morgan fingerprint density at radius 3 is 2.37 bits per heavy atom. The van der Waals surface area contributed by atoms with Crippen LogP contribution in [0.3, 0.4) is 0 Å². The number of aromatic nitrogens is 1. The first-order valence-electron chi connectivity index (χ1n) is 8.56. The van der Waals surface area contributed by atoms with E-state index in [1.165, 1.54) is 30.5 Å². The second-order valence-corrected chi connectivity index (χ2v) is 7.55. The van der Waals surface area contributed by atoms with Crippen molar-refractivity contribution in [3.63, 3.8) is 0 Å². The van der Waals surface area contributed by atoms with Gasteiger partial charge in [0.25, 0.3) is 0 Å². The molecule has 1 radical (unpaired) electrons. The molecule has 1 aliphatic carbocycles. The number of carbonyl (C=O) groups excluding carboxylic acids is 1. The van der Waals surface area contributed by atoms with Crippen LogP contribution >= 0.6 is 11.6 Å². The smallest absolute Gasteiger partial charge is 0.214 e. The molecule has 0 aliphatic heterocycles. The Kier molecular flexibility index (Phi) is 21.1. The van der Waals surface area contributed by atoms with Crippen molar-refractivity contribution in [1.29, 1.82) is 0 Å². The molecule has 1 aliphatic rings. The van der Waals surface area contributed by atoms with Crippen LogP contribution in [-0.4, -0.2) is 49.8 Å². The first-order chi connectivity index (χ1) is 12.0. The number of anilines is 1. The molecule has 8 heteroatoms. The second kappa shape index (κ2) is 17.5. The van der Waals surface area contributed by atoms with Crippen molar-refractivity contribution in [2.24, 2.45) is 11.8 Å². The first kappa shape index (κ1) is 36.2. The van der Waals surface area contributed by atoms with Gasteiger partial charge in [0.1, 0.15) is 0 Å². The molecule has 1 fully saturated rings. The minimum Gasteiger partial charge on any atom is -0.545 e. The zero-order valence-corrected chi connectivity index (χ0v) is 20.5. The third-order valence-corrected chi connectivity index (χ3v) is 5.04. The van der Waals surface area contributed by atoms with Crippen molar-refractivity contribution >= 4 is 35.0 Å². The maximum absolute atomic E-state index is 7.75. The van der Waals surface area contributed by atoms with Gasteiger partial charge in [-0.3, -0.25) is 6.79 Å². The summed E-state index contributed by atoms with van der Waals surface area (Å²) in [5.41, 5.74) is 2.25. The maximum atomic E-state index is 7.75. The molecule has 0 bridgehead atoms. The SMILES string of the molecule is C[C-]1CC(CNc2cc[nH+]c3cc(Cl)ccc23)C(CN(C)C)C1.O.O.[CH-]=O.[CH3-].[CH3-].[Mn]. The number of nitrogens with zero attached hydrogens (tertiary/aromatic N) is 1. The molecular weight excluding hydrogens is 445 g/mol. The number of pyridine rings is 1. The fourth-order valence-electron chi connectivity index (χ4n) is 3.80. The molecule has 1 saturated carbocycles. The van der Waals surface area contributed by atoms with Crippen molar-refractivity contribution in [2.45, 2.75) is 19.8 Å². The van der Waals surface area contributed by atoms with Gasteiger partial charge in [-0.25, -0.2) is 4.98 Å². The Morgan fingerprint density at radius 2 is 1.77 bits per heavy atom. The number of hydrogen-bond acceptors (Lipinski definition) is 3. The third-order valence-electron chi connectivity index (χ3n) is 4.80. The largest absolute Gasteiger partial charge is 0.545 e. The summed E-state index contributed by atoms with van der Waals surface area (Å²) < 4.78 is 0. The Balaban J connectivity index is -0.000000469.